The van der Waals surface area contributed by atoms with Gasteiger partial charge in [-0.05, 0) is 49.4 Å². The number of nitrogens with zero attached hydrogens (tertiary/aromatic N) is 3. The third-order valence-electron chi connectivity index (χ3n) is 6.10. The standard InChI is InChI=1S/C26H26N4O2/c1-4-29-22-8-6-5-7-19(22)20-15-17(9-11-23(20)29)25-28-21-16-18(26(31)27-2)10-12-24(21)30(25)13-14-32-3/h5-12,15-16H,4,13-14H2,1-3H3,(H,27,31). The molecular formula is C26H26N4O2. The van der Waals surface area contributed by atoms with E-state index in [0.29, 0.717) is 18.7 Å². The predicted molar refractivity (Wildman–Crippen MR) is 129 cm³/mol. The molecule has 0 saturated heterocycles. The highest BCUT2D eigenvalue weighted by Gasteiger charge is 2.17. The van der Waals surface area contributed by atoms with Gasteiger partial charge in [-0.15, -0.1) is 0 Å². The molecule has 0 radical (unpaired) electrons. The fourth-order valence-electron chi connectivity index (χ4n) is 4.58. The lowest BCUT2D eigenvalue weighted by Gasteiger charge is -2.10. The lowest BCUT2D eigenvalue weighted by Crippen LogP contribution is -2.17. The minimum Gasteiger partial charge on any atom is -0.383 e. The molecule has 0 atom stereocenters. The van der Waals surface area contributed by atoms with Crippen LogP contribution < -0.4 is 5.32 Å². The maximum absolute atomic E-state index is 12.1. The second-order valence-corrected chi connectivity index (χ2v) is 7.86. The number of hydrogen-bond acceptors (Lipinski definition) is 3. The molecule has 0 spiro atoms. The van der Waals surface area contributed by atoms with E-state index in [-0.39, 0.29) is 5.91 Å². The SMILES string of the molecule is CCn1c2ccccc2c2cc(-c3nc4cc(C(=O)NC)ccc4n3CCOC)ccc21. The van der Waals surface area contributed by atoms with Crippen molar-refractivity contribution >= 4 is 38.7 Å². The van der Waals surface area contributed by atoms with E-state index < -0.39 is 0 Å². The van der Waals surface area contributed by atoms with E-state index in [4.69, 9.17) is 9.72 Å². The number of carbonyl (C=O) groups is 1. The lowest BCUT2D eigenvalue weighted by molar-refractivity contribution is 0.0963. The topological polar surface area (TPSA) is 61.1 Å². The maximum Gasteiger partial charge on any atom is 0.251 e. The molecule has 1 amide bonds. The van der Waals surface area contributed by atoms with Crippen molar-refractivity contribution in [3.8, 4) is 11.4 Å². The largest absolute Gasteiger partial charge is 0.383 e. The van der Waals surface area contributed by atoms with Crippen LogP contribution in [0.1, 0.15) is 17.3 Å². The summed E-state index contributed by atoms with van der Waals surface area (Å²) in [6, 6.07) is 20.7. The number of methoxy groups -OCH3 is 1. The summed E-state index contributed by atoms with van der Waals surface area (Å²) >= 11 is 0. The van der Waals surface area contributed by atoms with Crippen LogP contribution in [0.3, 0.4) is 0 Å². The van der Waals surface area contributed by atoms with E-state index in [0.717, 1.165) is 29.0 Å². The Hall–Kier alpha value is -3.64. The van der Waals surface area contributed by atoms with Gasteiger partial charge in [0, 0.05) is 60.2 Å². The number of carbonyl (C=O) groups excluding carboxylic acids is 1. The predicted octanol–water partition coefficient (Wildman–Crippen LogP) is 4.84. The van der Waals surface area contributed by atoms with E-state index in [1.54, 1.807) is 14.2 Å². The highest BCUT2D eigenvalue weighted by atomic mass is 16.5. The normalized spacial score (nSPS) is 11.6. The summed E-state index contributed by atoms with van der Waals surface area (Å²) in [5.41, 5.74) is 5.90. The van der Waals surface area contributed by atoms with Crippen molar-refractivity contribution in [2.24, 2.45) is 0 Å². The van der Waals surface area contributed by atoms with Crippen molar-refractivity contribution < 1.29 is 9.53 Å². The Bertz CT molecular complexity index is 1460. The summed E-state index contributed by atoms with van der Waals surface area (Å²) in [5, 5.41) is 5.14. The Morgan fingerprint density at radius 1 is 0.969 bits per heavy atom. The van der Waals surface area contributed by atoms with Gasteiger partial charge < -0.3 is 19.2 Å². The second-order valence-electron chi connectivity index (χ2n) is 7.86. The smallest absolute Gasteiger partial charge is 0.251 e. The van der Waals surface area contributed by atoms with Crippen molar-refractivity contribution in [3.05, 3.63) is 66.2 Å². The Morgan fingerprint density at radius 2 is 1.75 bits per heavy atom. The summed E-state index contributed by atoms with van der Waals surface area (Å²) in [6.45, 7) is 4.34. The molecule has 0 aliphatic heterocycles. The maximum atomic E-state index is 12.1. The molecule has 2 heterocycles. The summed E-state index contributed by atoms with van der Waals surface area (Å²) in [4.78, 5) is 17.1. The van der Waals surface area contributed by atoms with Gasteiger partial charge in [-0.2, -0.15) is 0 Å². The average molecular weight is 427 g/mol. The number of para-hydroxylation sites is 1. The Balaban J connectivity index is 1.73. The second kappa shape index (κ2) is 8.13. The Kier molecular flexibility index (Phi) is 5.15. The van der Waals surface area contributed by atoms with Gasteiger partial charge >= 0.3 is 0 Å². The van der Waals surface area contributed by atoms with Crippen LogP contribution in [0.5, 0.6) is 0 Å². The van der Waals surface area contributed by atoms with E-state index in [9.17, 15) is 4.79 Å². The van der Waals surface area contributed by atoms with Crippen molar-refractivity contribution in [2.75, 3.05) is 20.8 Å². The summed E-state index contributed by atoms with van der Waals surface area (Å²) < 4.78 is 9.88. The monoisotopic (exact) mass is 426 g/mol. The van der Waals surface area contributed by atoms with Gasteiger partial charge in [-0.3, -0.25) is 4.79 Å². The molecule has 32 heavy (non-hydrogen) atoms. The van der Waals surface area contributed by atoms with Gasteiger partial charge in [0.05, 0.1) is 17.6 Å². The lowest BCUT2D eigenvalue weighted by atomic mass is 10.1. The molecule has 1 N–H and O–H groups in total. The molecule has 0 saturated carbocycles. The highest BCUT2D eigenvalue weighted by Crippen LogP contribution is 2.33. The first kappa shape index (κ1) is 20.3. The van der Waals surface area contributed by atoms with Gasteiger partial charge in [-0.25, -0.2) is 4.98 Å². The Morgan fingerprint density at radius 3 is 2.53 bits per heavy atom. The number of aryl methyl sites for hydroxylation is 1. The van der Waals surface area contributed by atoms with Gasteiger partial charge in [0.1, 0.15) is 5.82 Å². The van der Waals surface area contributed by atoms with Gasteiger partial charge in [0.15, 0.2) is 0 Å². The van der Waals surface area contributed by atoms with Gasteiger partial charge in [0.25, 0.3) is 5.91 Å². The average Bonchev–Trinajstić information content (AvgIpc) is 3.36. The fourth-order valence-corrected chi connectivity index (χ4v) is 4.58. The summed E-state index contributed by atoms with van der Waals surface area (Å²) in [6.07, 6.45) is 0. The van der Waals surface area contributed by atoms with Crippen LogP contribution in [0.25, 0.3) is 44.2 Å². The third kappa shape index (κ3) is 3.15. The van der Waals surface area contributed by atoms with Crippen molar-refractivity contribution in [1.82, 2.24) is 19.4 Å². The highest BCUT2D eigenvalue weighted by molar-refractivity contribution is 6.09. The number of benzene rings is 3. The zero-order chi connectivity index (χ0) is 22.2. The molecule has 0 aliphatic carbocycles. The minimum atomic E-state index is -0.117. The van der Waals surface area contributed by atoms with Crippen LogP contribution >= 0.6 is 0 Å². The molecule has 6 nitrogen and oxygen atoms in total. The van der Waals surface area contributed by atoms with Crippen molar-refractivity contribution in [2.45, 2.75) is 20.0 Å². The minimum absolute atomic E-state index is 0.117. The number of amides is 1. The number of ether oxygens (including phenoxy) is 1. The first-order valence-corrected chi connectivity index (χ1v) is 10.9. The molecule has 0 aliphatic rings. The summed E-state index contributed by atoms with van der Waals surface area (Å²) in [7, 11) is 3.34. The first-order valence-electron chi connectivity index (χ1n) is 10.9. The van der Waals surface area contributed by atoms with E-state index in [2.05, 4.69) is 63.8 Å². The third-order valence-corrected chi connectivity index (χ3v) is 6.10. The molecule has 3 aromatic carbocycles. The molecule has 6 heteroatoms. The molecule has 5 aromatic rings. The van der Waals surface area contributed by atoms with E-state index in [1.807, 2.05) is 18.2 Å². The Labute approximate surface area is 186 Å². The molecule has 5 rings (SSSR count). The number of imidazole rings is 1. The fraction of sp³-hybridized carbons (Fsp3) is 0.231. The van der Waals surface area contributed by atoms with Crippen LogP contribution in [0.4, 0.5) is 0 Å². The van der Waals surface area contributed by atoms with Gasteiger partial charge in [0.2, 0.25) is 0 Å². The van der Waals surface area contributed by atoms with E-state index >= 15 is 0 Å². The quantitative estimate of drug-likeness (QED) is 0.423. The molecule has 2 aromatic heterocycles. The van der Waals surface area contributed by atoms with Crippen molar-refractivity contribution in [1.29, 1.82) is 0 Å². The number of aromatic nitrogens is 3. The first-order chi connectivity index (χ1) is 15.7. The summed E-state index contributed by atoms with van der Waals surface area (Å²) in [5.74, 6) is 0.759. The van der Waals surface area contributed by atoms with Crippen molar-refractivity contribution in [3.63, 3.8) is 0 Å². The van der Waals surface area contributed by atoms with Crippen LogP contribution in [0, 0.1) is 0 Å². The van der Waals surface area contributed by atoms with Crippen LogP contribution in [-0.4, -0.2) is 40.8 Å². The molecule has 162 valence electrons. The molecular weight excluding hydrogens is 400 g/mol. The number of hydrogen-bond donors (Lipinski definition) is 1. The zero-order valence-electron chi connectivity index (χ0n) is 18.6. The van der Waals surface area contributed by atoms with Gasteiger partial charge in [-0.1, -0.05) is 18.2 Å². The van der Waals surface area contributed by atoms with Crippen LogP contribution in [-0.2, 0) is 17.8 Å². The number of fused-ring (bicyclic) bond motifs is 4. The molecule has 0 unspecified atom stereocenters. The zero-order valence-corrected chi connectivity index (χ0v) is 18.6. The number of nitrogens with one attached hydrogen (secondary N) is 1. The van der Waals surface area contributed by atoms with Crippen LogP contribution in [0.15, 0.2) is 60.7 Å². The van der Waals surface area contributed by atoms with E-state index in [1.165, 1.54) is 21.8 Å². The molecule has 0 bridgehead atoms. The number of rotatable bonds is 6. The van der Waals surface area contributed by atoms with Crippen LogP contribution in [0.2, 0.25) is 0 Å². The molecule has 0 fully saturated rings.